The zero-order chi connectivity index (χ0) is 17.0. The lowest BCUT2D eigenvalue weighted by Gasteiger charge is -2.11. The van der Waals surface area contributed by atoms with Crippen molar-refractivity contribution in [3.8, 4) is 0 Å². The van der Waals surface area contributed by atoms with E-state index in [1.54, 1.807) is 6.08 Å². The van der Waals surface area contributed by atoms with Crippen LogP contribution in [0.25, 0.3) is 0 Å². The minimum Gasteiger partial charge on any atom is -0.481 e. The van der Waals surface area contributed by atoms with Crippen LogP contribution in [0.15, 0.2) is 12.2 Å². The van der Waals surface area contributed by atoms with Gasteiger partial charge < -0.3 is 20.1 Å². The quantitative estimate of drug-likeness (QED) is 0.288. The normalized spacial score (nSPS) is 14.2. The van der Waals surface area contributed by atoms with Crippen LogP contribution in [0.2, 0.25) is 0 Å². The first kappa shape index (κ1) is 20.6. The molecule has 22 heavy (non-hydrogen) atoms. The van der Waals surface area contributed by atoms with E-state index in [1.807, 2.05) is 6.08 Å². The number of carbonyl (C=O) groups excluding carboxylic acids is 1. The van der Waals surface area contributed by atoms with E-state index >= 15 is 0 Å². The molecule has 2 unspecified atom stereocenters. The summed E-state index contributed by atoms with van der Waals surface area (Å²) in [6.45, 7) is 3.48. The van der Waals surface area contributed by atoms with Crippen LogP contribution in [-0.2, 0) is 14.3 Å². The van der Waals surface area contributed by atoms with Gasteiger partial charge in [0.15, 0.2) is 0 Å². The van der Waals surface area contributed by atoms with Gasteiger partial charge in [-0.05, 0) is 25.2 Å². The SMILES string of the molecule is CC(C)CCC/C=C/CC(CC(=O)OCC(O)CO)C(=O)O. The average Bonchev–Trinajstić information content (AvgIpc) is 2.46. The number of allylic oxidation sites excluding steroid dienone is 2. The molecule has 3 N–H and O–H groups in total. The molecular weight excluding hydrogens is 288 g/mol. The number of carboxylic acid groups (broad SMARTS) is 1. The molecule has 128 valence electrons. The van der Waals surface area contributed by atoms with Crippen molar-refractivity contribution in [3.05, 3.63) is 12.2 Å². The second-order valence-electron chi connectivity index (χ2n) is 5.79. The maximum atomic E-state index is 11.5. The van der Waals surface area contributed by atoms with Crippen molar-refractivity contribution in [2.75, 3.05) is 13.2 Å². The minimum atomic E-state index is -1.13. The molecule has 2 atom stereocenters. The molecule has 0 heterocycles. The average molecular weight is 316 g/mol. The Morgan fingerprint density at radius 1 is 1.23 bits per heavy atom. The monoisotopic (exact) mass is 316 g/mol. The van der Waals surface area contributed by atoms with Gasteiger partial charge in [-0.2, -0.15) is 0 Å². The first-order chi connectivity index (χ1) is 10.4. The molecule has 0 aromatic heterocycles. The van der Waals surface area contributed by atoms with Crippen LogP contribution in [0, 0.1) is 11.8 Å². The number of hydrogen-bond donors (Lipinski definition) is 3. The molecule has 0 bridgehead atoms. The first-order valence-corrected chi connectivity index (χ1v) is 7.69. The minimum absolute atomic E-state index is 0.246. The Labute approximate surface area is 131 Å². The van der Waals surface area contributed by atoms with E-state index in [2.05, 4.69) is 13.8 Å². The molecule has 0 fully saturated rings. The predicted octanol–water partition coefficient (Wildman–Crippen LogP) is 1.75. The van der Waals surface area contributed by atoms with Gasteiger partial charge in [-0.15, -0.1) is 0 Å². The van der Waals surface area contributed by atoms with Crippen molar-refractivity contribution in [2.24, 2.45) is 11.8 Å². The lowest BCUT2D eigenvalue weighted by Crippen LogP contribution is -2.24. The molecule has 0 aromatic carbocycles. The Morgan fingerprint density at radius 3 is 2.45 bits per heavy atom. The van der Waals surface area contributed by atoms with Gasteiger partial charge in [-0.1, -0.05) is 32.4 Å². The maximum Gasteiger partial charge on any atom is 0.307 e. The number of aliphatic hydroxyl groups excluding tert-OH is 2. The molecular formula is C16H28O6. The van der Waals surface area contributed by atoms with Gasteiger partial charge >= 0.3 is 11.9 Å². The molecule has 0 rings (SSSR count). The highest BCUT2D eigenvalue weighted by Gasteiger charge is 2.21. The van der Waals surface area contributed by atoms with Crippen molar-refractivity contribution in [1.29, 1.82) is 0 Å². The van der Waals surface area contributed by atoms with Crippen molar-refractivity contribution in [2.45, 2.75) is 52.1 Å². The van der Waals surface area contributed by atoms with Crippen molar-refractivity contribution < 1.29 is 29.6 Å². The van der Waals surface area contributed by atoms with Gasteiger partial charge in [0.2, 0.25) is 0 Å². The highest BCUT2D eigenvalue weighted by molar-refractivity contribution is 5.78. The molecule has 6 nitrogen and oxygen atoms in total. The first-order valence-electron chi connectivity index (χ1n) is 7.69. The Balaban J connectivity index is 4.07. The number of carboxylic acids is 1. The van der Waals surface area contributed by atoms with E-state index in [-0.39, 0.29) is 19.4 Å². The van der Waals surface area contributed by atoms with E-state index in [0.29, 0.717) is 5.92 Å². The number of unbranched alkanes of at least 4 members (excludes halogenated alkanes) is 1. The summed E-state index contributed by atoms with van der Waals surface area (Å²) >= 11 is 0. The molecule has 0 aliphatic carbocycles. The molecule has 0 aromatic rings. The lowest BCUT2D eigenvalue weighted by atomic mass is 10.0. The summed E-state index contributed by atoms with van der Waals surface area (Å²) in [5.41, 5.74) is 0. The summed E-state index contributed by atoms with van der Waals surface area (Å²) in [4.78, 5) is 22.6. The van der Waals surface area contributed by atoms with Gasteiger partial charge in [-0.25, -0.2) is 0 Å². The van der Waals surface area contributed by atoms with Crippen LogP contribution in [0.3, 0.4) is 0 Å². The van der Waals surface area contributed by atoms with E-state index < -0.39 is 30.6 Å². The van der Waals surface area contributed by atoms with Crippen LogP contribution in [-0.4, -0.2) is 46.6 Å². The fraction of sp³-hybridized carbons (Fsp3) is 0.750. The Morgan fingerprint density at radius 2 is 1.91 bits per heavy atom. The van der Waals surface area contributed by atoms with Crippen molar-refractivity contribution in [1.82, 2.24) is 0 Å². The number of carbonyl (C=O) groups is 2. The van der Waals surface area contributed by atoms with E-state index in [9.17, 15) is 9.59 Å². The number of aliphatic carboxylic acids is 1. The molecule has 0 amide bonds. The predicted molar refractivity (Wildman–Crippen MR) is 82.2 cm³/mol. The van der Waals surface area contributed by atoms with E-state index in [1.165, 1.54) is 0 Å². The third-order valence-electron chi connectivity index (χ3n) is 3.15. The van der Waals surface area contributed by atoms with E-state index in [4.69, 9.17) is 20.1 Å². The molecule has 0 saturated heterocycles. The summed E-state index contributed by atoms with van der Waals surface area (Å²) in [7, 11) is 0. The highest BCUT2D eigenvalue weighted by Crippen LogP contribution is 2.13. The smallest absolute Gasteiger partial charge is 0.307 e. The number of aliphatic hydroxyl groups is 2. The standard InChI is InChI=1S/C16H28O6/c1-12(2)7-5-3-4-6-8-13(16(20)21)9-15(19)22-11-14(18)10-17/h4,6,12-14,17-18H,3,5,7-11H2,1-2H3,(H,20,21)/b6-4+. The zero-order valence-corrected chi connectivity index (χ0v) is 13.4. The summed E-state index contributed by atoms with van der Waals surface area (Å²) in [6, 6.07) is 0. The third-order valence-corrected chi connectivity index (χ3v) is 3.15. The maximum absolute atomic E-state index is 11.5. The Hall–Kier alpha value is -1.40. The summed E-state index contributed by atoms with van der Waals surface area (Å²) in [6.07, 6.45) is 5.72. The van der Waals surface area contributed by atoms with Crippen LogP contribution >= 0.6 is 0 Å². The molecule has 6 heteroatoms. The topological polar surface area (TPSA) is 104 Å². The van der Waals surface area contributed by atoms with Crippen molar-refractivity contribution in [3.63, 3.8) is 0 Å². The van der Waals surface area contributed by atoms with Crippen LogP contribution in [0.4, 0.5) is 0 Å². The fourth-order valence-corrected chi connectivity index (χ4v) is 1.80. The summed E-state index contributed by atoms with van der Waals surface area (Å²) < 4.78 is 4.71. The number of esters is 1. The van der Waals surface area contributed by atoms with Gasteiger partial charge in [0.1, 0.15) is 12.7 Å². The molecule has 0 radical (unpaired) electrons. The fourth-order valence-electron chi connectivity index (χ4n) is 1.80. The van der Waals surface area contributed by atoms with Gasteiger partial charge in [-0.3, -0.25) is 9.59 Å². The van der Waals surface area contributed by atoms with Crippen LogP contribution < -0.4 is 0 Å². The second kappa shape index (κ2) is 12.2. The lowest BCUT2D eigenvalue weighted by molar-refractivity contribution is -0.153. The van der Waals surface area contributed by atoms with Crippen molar-refractivity contribution >= 4 is 11.9 Å². The molecule has 0 aliphatic heterocycles. The summed E-state index contributed by atoms with van der Waals surface area (Å²) in [5, 5.41) is 26.7. The molecule has 0 saturated carbocycles. The number of hydrogen-bond acceptors (Lipinski definition) is 5. The Bertz CT molecular complexity index is 351. The van der Waals surface area contributed by atoms with Gasteiger partial charge in [0.05, 0.1) is 18.9 Å². The second-order valence-corrected chi connectivity index (χ2v) is 5.79. The third kappa shape index (κ3) is 11.3. The largest absolute Gasteiger partial charge is 0.481 e. The van der Waals surface area contributed by atoms with Crippen LogP contribution in [0.1, 0.15) is 46.0 Å². The Kier molecular flexibility index (Phi) is 11.4. The summed E-state index contributed by atoms with van der Waals surface area (Å²) in [5.74, 6) is -1.91. The van der Waals surface area contributed by atoms with Crippen LogP contribution in [0.5, 0.6) is 0 Å². The molecule has 0 aliphatic rings. The number of rotatable bonds is 12. The molecule has 0 spiro atoms. The zero-order valence-electron chi connectivity index (χ0n) is 13.4. The van der Waals surface area contributed by atoms with Gasteiger partial charge in [0.25, 0.3) is 0 Å². The van der Waals surface area contributed by atoms with E-state index in [0.717, 1.165) is 19.3 Å². The van der Waals surface area contributed by atoms with Gasteiger partial charge in [0, 0.05) is 0 Å². The number of ether oxygens (including phenoxy) is 1. The highest BCUT2D eigenvalue weighted by atomic mass is 16.5.